The fraction of sp³-hybridized carbons (Fsp3) is 0.900. The van der Waals surface area contributed by atoms with Gasteiger partial charge in [0.15, 0.2) is 0 Å². The van der Waals surface area contributed by atoms with Gasteiger partial charge in [-0.05, 0) is 6.92 Å². The summed E-state index contributed by atoms with van der Waals surface area (Å²) in [6.45, 7) is 1.17. The van der Waals surface area contributed by atoms with Crippen molar-refractivity contribution < 1.29 is 22.7 Å². The molecular formula is C10H15ClF3NO2. The average Bonchev–Trinajstić information content (AvgIpc) is 2.60. The van der Waals surface area contributed by atoms with Crippen molar-refractivity contribution in [3.63, 3.8) is 0 Å². The van der Waals surface area contributed by atoms with Gasteiger partial charge in [-0.15, -0.1) is 11.6 Å². The summed E-state index contributed by atoms with van der Waals surface area (Å²) in [5.41, 5.74) is 0. The van der Waals surface area contributed by atoms with Gasteiger partial charge in [0, 0.05) is 26.1 Å². The number of halogens is 4. The third-order valence-corrected chi connectivity index (χ3v) is 3.08. The fourth-order valence-corrected chi connectivity index (χ4v) is 2.19. The fourth-order valence-electron chi connectivity index (χ4n) is 2.06. The van der Waals surface area contributed by atoms with Crippen LogP contribution in [0.4, 0.5) is 13.2 Å². The highest BCUT2D eigenvalue weighted by Gasteiger charge is 2.50. The van der Waals surface area contributed by atoms with Gasteiger partial charge in [-0.1, -0.05) is 0 Å². The van der Waals surface area contributed by atoms with Gasteiger partial charge in [0.05, 0.1) is 12.5 Å². The number of rotatable bonds is 3. The maximum absolute atomic E-state index is 12.7. The van der Waals surface area contributed by atoms with Crippen molar-refractivity contribution in [2.75, 3.05) is 26.8 Å². The quantitative estimate of drug-likeness (QED) is 0.735. The van der Waals surface area contributed by atoms with Crippen LogP contribution in [0.2, 0.25) is 0 Å². The molecule has 3 nitrogen and oxygen atoms in total. The zero-order valence-electron chi connectivity index (χ0n) is 9.63. The van der Waals surface area contributed by atoms with Gasteiger partial charge >= 0.3 is 6.18 Å². The molecule has 0 aromatic rings. The molecule has 1 aliphatic heterocycles. The molecule has 0 saturated carbocycles. The molecule has 1 saturated heterocycles. The minimum absolute atomic E-state index is 0.00930. The Balaban J connectivity index is 2.75. The molecule has 0 spiro atoms. The molecule has 1 rings (SSSR count). The van der Waals surface area contributed by atoms with Crippen LogP contribution in [-0.2, 0) is 9.53 Å². The maximum Gasteiger partial charge on any atom is 0.393 e. The van der Waals surface area contributed by atoms with E-state index in [1.165, 1.54) is 18.9 Å². The second-order valence-corrected chi connectivity index (χ2v) is 4.88. The van der Waals surface area contributed by atoms with E-state index in [-0.39, 0.29) is 19.7 Å². The van der Waals surface area contributed by atoms with E-state index in [0.717, 1.165) is 0 Å². The lowest BCUT2D eigenvalue weighted by atomic mass is 9.96. The van der Waals surface area contributed by atoms with E-state index < -0.39 is 29.3 Å². The monoisotopic (exact) mass is 273 g/mol. The standard InChI is InChI=1S/C10H15ClF3NO2/c1-6(11)9(16)15-3-7(5-17-2)8(4-15)10(12,13)14/h6-8H,3-5H2,1-2H3/t6-,7-,8+/m0/s1. The molecule has 0 unspecified atom stereocenters. The molecular weight excluding hydrogens is 259 g/mol. The highest BCUT2D eigenvalue weighted by atomic mass is 35.5. The predicted octanol–water partition coefficient (Wildman–Crippen LogP) is 1.90. The lowest BCUT2D eigenvalue weighted by Crippen LogP contribution is -2.35. The Hall–Kier alpha value is -0.490. The molecule has 100 valence electrons. The SMILES string of the molecule is COC[C@@H]1CN(C(=O)[C@H](C)Cl)C[C@H]1C(F)(F)F. The van der Waals surface area contributed by atoms with Crippen LogP contribution in [0, 0.1) is 11.8 Å². The number of nitrogens with zero attached hydrogens (tertiary/aromatic N) is 1. The van der Waals surface area contributed by atoms with E-state index >= 15 is 0 Å². The summed E-state index contributed by atoms with van der Waals surface area (Å²) in [7, 11) is 1.35. The van der Waals surface area contributed by atoms with Crippen LogP contribution < -0.4 is 0 Å². The van der Waals surface area contributed by atoms with Crippen molar-refractivity contribution in [2.24, 2.45) is 11.8 Å². The third kappa shape index (κ3) is 3.48. The summed E-state index contributed by atoms with van der Waals surface area (Å²) >= 11 is 5.59. The molecule has 0 bridgehead atoms. The number of ether oxygens (including phenoxy) is 1. The zero-order chi connectivity index (χ0) is 13.2. The topological polar surface area (TPSA) is 29.5 Å². The van der Waals surface area contributed by atoms with Crippen molar-refractivity contribution in [1.82, 2.24) is 4.90 Å². The van der Waals surface area contributed by atoms with Crippen molar-refractivity contribution in [1.29, 1.82) is 0 Å². The first-order valence-electron chi connectivity index (χ1n) is 5.26. The van der Waals surface area contributed by atoms with Gasteiger partial charge in [-0.25, -0.2) is 0 Å². The Labute approximate surface area is 103 Å². The highest BCUT2D eigenvalue weighted by Crippen LogP contribution is 2.37. The van der Waals surface area contributed by atoms with Crippen LogP contribution >= 0.6 is 11.6 Å². The summed E-state index contributed by atoms with van der Waals surface area (Å²) in [5, 5.41) is -0.801. The lowest BCUT2D eigenvalue weighted by molar-refractivity contribution is -0.183. The Bertz CT molecular complexity index is 283. The van der Waals surface area contributed by atoms with E-state index in [2.05, 4.69) is 0 Å². The maximum atomic E-state index is 12.7. The van der Waals surface area contributed by atoms with Crippen LogP contribution in [0.1, 0.15) is 6.92 Å². The number of methoxy groups -OCH3 is 1. The van der Waals surface area contributed by atoms with Gasteiger partial charge < -0.3 is 9.64 Å². The molecule has 0 radical (unpaired) electrons. The molecule has 3 atom stereocenters. The van der Waals surface area contributed by atoms with Gasteiger partial charge in [0.25, 0.3) is 0 Å². The molecule has 17 heavy (non-hydrogen) atoms. The predicted molar refractivity (Wildman–Crippen MR) is 56.8 cm³/mol. The molecule has 0 aromatic carbocycles. The van der Waals surface area contributed by atoms with Gasteiger partial charge in [0.1, 0.15) is 5.38 Å². The summed E-state index contributed by atoms with van der Waals surface area (Å²) in [4.78, 5) is 12.7. The number of amides is 1. The summed E-state index contributed by atoms with van der Waals surface area (Å²) in [6, 6.07) is 0. The Morgan fingerprint density at radius 3 is 2.53 bits per heavy atom. The second kappa shape index (κ2) is 5.44. The molecule has 0 aliphatic carbocycles. The Morgan fingerprint density at radius 2 is 2.12 bits per heavy atom. The number of carbonyl (C=O) groups excluding carboxylic acids is 1. The van der Waals surface area contributed by atoms with E-state index in [9.17, 15) is 18.0 Å². The molecule has 1 heterocycles. The smallest absolute Gasteiger partial charge is 0.384 e. The van der Waals surface area contributed by atoms with E-state index in [0.29, 0.717) is 0 Å². The number of carbonyl (C=O) groups is 1. The lowest BCUT2D eigenvalue weighted by Gasteiger charge is -2.20. The van der Waals surface area contributed by atoms with Crippen molar-refractivity contribution in [3.8, 4) is 0 Å². The average molecular weight is 274 g/mol. The number of hydrogen-bond acceptors (Lipinski definition) is 2. The van der Waals surface area contributed by atoms with Crippen LogP contribution in [0.15, 0.2) is 0 Å². The summed E-state index contributed by atoms with van der Waals surface area (Å²) < 4.78 is 43.0. The first kappa shape index (κ1) is 14.6. The molecule has 0 aromatic heterocycles. The van der Waals surface area contributed by atoms with Gasteiger partial charge in [0.2, 0.25) is 5.91 Å². The van der Waals surface area contributed by atoms with Gasteiger partial charge in [-0.3, -0.25) is 4.79 Å². The van der Waals surface area contributed by atoms with Gasteiger partial charge in [-0.2, -0.15) is 13.2 Å². The number of hydrogen-bond donors (Lipinski definition) is 0. The second-order valence-electron chi connectivity index (χ2n) is 4.22. The van der Waals surface area contributed by atoms with Crippen LogP contribution in [0.5, 0.6) is 0 Å². The molecule has 1 aliphatic rings. The first-order chi connectivity index (χ1) is 7.77. The molecule has 0 N–H and O–H groups in total. The van der Waals surface area contributed by atoms with E-state index in [1.54, 1.807) is 0 Å². The van der Waals surface area contributed by atoms with Crippen molar-refractivity contribution in [2.45, 2.75) is 18.5 Å². The van der Waals surface area contributed by atoms with Crippen molar-refractivity contribution >= 4 is 17.5 Å². The van der Waals surface area contributed by atoms with E-state index in [1.807, 2.05) is 0 Å². The summed E-state index contributed by atoms with van der Waals surface area (Å²) in [6.07, 6.45) is -4.31. The van der Waals surface area contributed by atoms with Crippen LogP contribution in [0.25, 0.3) is 0 Å². The van der Waals surface area contributed by atoms with Crippen molar-refractivity contribution in [3.05, 3.63) is 0 Å². The Kier molecular flexibility index (Phi) is 4.66. The highest BCUT2D eigenvalue weighted by molar-refractivity contribution is 6.30. The minimum Gasteiger partial charge on any atom is -0.384 e. The minimum atomic E-state index is -4.31. The summed E-state index contributed by atoms with van der Waals surface area (Å²) in [5.74, 6) is -2.69. The van der Waals surface area contributed by atoms with Crippen LogP contribution in [0.3, 0.4) is 0 Å². The molecule has 7 heteroatoms. The largest absolute Gasteiger partial charge is 0.393 e. The molecule has 1 amide bonds. The zero-order valence-corrected chi connectivity index (χ0v) is 10.4. The normalized spacial score (nSPS) is 27.3. The number of likely N-dealkylation sites (tertiary alicyclic amines) is 1. The third-order valence-electron chi connectivity index (χ3n) is 2.89. The Morgan fingerprint density at radius 1 is 1.53 bits per heavy atom. The van der Waals surface area contributed by atoms with E-state index in [4.69, 9.17) is 16.3 Å². The first-order valence-corrected chi connectivity index (χ1v) is 5.69. The van der Waals surface area contributed by atoms with Crippen LogP contribution in [-0.4, -0.2) is 49.2 Å². The molecule has 1 fully saturated rings. The number of alkyl halides is 4.